The van der Waals surface area contributed by atoms with E-state index in [9.17, 15) is 20.3 Å². The summed E-state index contributed by atoms with van der Waals surface area (Å²) in [6.07, 6.45) is 2.98. The molecule has 0 aromatic heterocycles. The second-order valence-corrected chi connectivity index (χ2v) is 5.99. The van der Waals surface area contributed by atoms with E-state index in [1.807, 2.05) is 0 Å². The number of likely N-dealkylation sites (N-methyl/N-ethyl adjacent to an activating group) is 1. The van der Waals surface area contributed by atoms with Crippen molar-refractivity contribution in [1.29, 1.82) is 5.26 Å². The van der Waals surface area contributed by atoms with Gasteiger partial charge < -0.3 is 15.1 Å². The van der Waals surface area contributed by atoms with Crippen molar-refractivity contribution in [3.8, 4) is 6.07 Å². The molecule has 2 rings (SSSR count). The van der Waals surface area contributed by atoms with Crippen LogP contribution in [0.2, 0.25) is 0 Å². The molecule has 1 amide bonds. The monoisotopic (exact) mass is 281 g/mol. The van der Waals surface area contributed by atoms with E-state index in [2.05, 4.69) is 6.07 Å². The van der Waals surface area contributed by atoms with Gasteiger partial charge in [0.1, 0.15) is 5.54 Å². The third kappa shape index (κ3) is 2.95. The van der Waals surface area contributed by atoms with Crippen LogP contribution < -0.4 is 0 Å². The highest BCUT2D eigenvalue weighted by molar-refractivity contribution is 5.79. The third-order valence-corrected chi connectivity index (χ3v) is 4.60. The highest BCUT2D eigenvalue weighted by Gasteiger charge is 2.40. The molecule has 1 saturated carbocycles. The number of nitrogens with zero attached hydrogens (tertiary/aromatic N) is 3. The van der Waals surface area contributed by atoms with Gasteiger partial charge in [0.15, 0.2) is 0 Å². The van der Waals surface area contributed by atoms with Crippen LogP contribution in [0.5, 0.6) is 0 Å². The molecule has 2 atom stereocenters. The SMILES string of the molecule is CN(C(=O)CN1CC(O)C(O)C1)C1(C#N)CCCCC1. The Labute approximate surface area is 119 Å². The molecule has 2 aliphatic rings. The first-order valence-electron chi connectivity index (χ1n) is 7.25. The topological polar surface area (TPSA) is 87.8 Å². The third-order valence-electron chi connectivity index (χ3n) is 4.60. The van der Waals surface area contributed by atoms with Crippen LogP contribution in [-0.2, 0) is 4.79 Å². The van der Waals surface area contributed by atoms with E-state index in [-0.39, 0.29) is 12.5 Å². The quantitative estimate of drug-likeness (QED) is 0.742. The van der Waals surface area contributed by atoms with Crippen LogP contribution in [0, 0.1) is 11.3 Å². The molecular formula is C14H23N3O3. The average Bonchev–Trinajstić information content (AvgIpc) is 2.77. The summed E-state index contributed by atoms with van der Waals surface area (Å²) in [5.74, 6) is -0.116. The number of carbonyl (C=O) groups excluding carboxylic acids is 1. The van der Waals surface area contributed by atoms with Crippen molar-refractivity contribution in [2.45, 2.75) is 49.9 Å². The van der Waals surface area contributed by atoms with Gasteiger partial charge in [0.25, 0.3) is 0 Å². The maximum absolute atomic E-state index is 12.3. The van der Waals surface area contributed by atoms with E-state index in [4.69, 9.17) is 0 Å². The first-order valence-corrected chi connectivity index (χ1v) is 7.25. The molecule has 6 heteroatoms. The molecule has 2 N–H and O–H groups in total. The van der Waals surface area contributed by atoms with Crippen molar-refractivity contribution >= 4 is 5.91 Å². The van der Waals surface area contributed by atoms with Crippen LogP contribution >= 0.6 is 0 Å². The minimum atomic E-state index is -0.785. The van der Waals surface area contributed by atoms with E-state index in [0.29, 0.717) is 13.1 Å². The Bertz CT molecular complexity index is 391. The molecule has 0 aromatic carbocycles. The highest BCUT2D eigenvalue weighted by Crippen LogP contribution is 2.32. The minimum Gasteiger partial charge on any atom is -0.389 e. The molecule has 0 spiro atoms. The molecule has 0 bridgehead atoms. The van der Waals surface area contributed by atoms with Crippen LogP contribution in [0.25, 0.3) is 0 Å². The van der Waals surface area contributed by atoms with Gasteiger partial charge in [-0.2, -0.15) is 5.26 Å². The smallest absolute Gasteiger partial charge is 0.237 e. The van der Waals surface area contributed by atoms with E-state index in [1.54, 1.807) is 16.8 Å². The molecule has 1 aliphatic carbocycles. The second kappa shape index (κ2) is 6.08. The van der Waals surface area contributed by atoms with Crippen LogP contribution in [0.3, 0.4) is 0 Å². The number of rotatable bonds is 3. The number of nitriles is 1. The second-order valence-electron chi connectivity index (χ2n) is 5.99. The van der Waals surface area contributed by atoms with Crippen LogP contribution in [0.15, 0.2) is 0 Å². The van der Waals surface area contributed by atoms with Crippen LogP contribution in [0.4, 0.5) is 0 Å². The zero-order chi connectivity index (χ0) is 14.8. The Balaban J connectivity index is 1.96. The molecule has 1 saturated heterocycles. The summed E-state index contributed by atoms with van der Waals surface area (Å²) in [6.45, 7) is 0.759. The number of hydrogen-bond acceptors (Lipinski definition) is 5. The van der Waals surface area contributed by atoms with Crippen molar-refractivity contribution in [2.75, 3.05) is 26.7 Å². The maximum atomic E-state index is 12.3. The Morgan fingerprint density at radius 3 is 2.35 bits per heavy atom. The molecule has 0 aromatic rings. The number of likely N-dealkylation sites (tertiary alicyclic amines) is 1. The summed E-state index contributed by atoms with van der Waals surface area (Å²) >= 11 is 0. The fraction of sp³-hybridized carbons (Fsp3) is 0.857. The van der Waals surface area contributed by atoms with Crippen molar-refractivity contribution < 1.29 is 15.0 Å². The Morgan fingerprint density at radius 1 is 1.30 bits per heavy atom. The molecule has 20 heavy (non-hydrogen) atoms. The number of β-amino-alcohol motifs (C(OH)–C–C–N with tert-alkyl or cyclic N) is 2. The van der Waals surface area contributed by atoms with Gasteiger partial charge in [-0.3, -0.25) is 9.69 Å². The fourth-order valence-electron chi connectivity index (χ4n) is 3.17. The van der Waals surface area contributed by atoms with Crippen molar-refractivity contribution in [3.63, 3.8) is 0 Å². The standard InChI is InChI=1S/C14H23N3O3/c1-16(14(10-15)5-3-2-4-6-14)13(20)9-17-7-11(18)12(19)8-17/h11-12,18-19H,2-9H2,1H3. The summed E-state index contributed by atoms with van der Waals surface area (Å²) in [7, 11) is 1.69. The van der Waals surface area contributed by atoms with Gasteiger partial charge in [-0.25, -0.2) is 0 Å². The lowest BCUT2D eigenvalue weighted by Gasteiger charge is -2.39. The molecule has 1 aliphatic heterocycles. The van der Waals surface area contributed by atoms with E-state index in [0.717, 1.165) is 32.1 Å². The summed E-state index contributed by atoms with van der Waals surface area (Å²) < 4.78 is 0. The fourth-order valence-corrected chi connectivity index (χ4v) is 3.17. The Hall–Kier alpha value is -1.16. The number of carbonyl (C=O) groups is 1. The molecule has 0 radical (unpaired) electrons. The molecule has 1 heterocycles. The number of aliphatic hydroxyl groups excluding tert-OH is 2. The predicted octanol–water partition coefficient (Wildman–Crippen LogP) is -0.291. The molecule has 112 valence electrons. The van der Waals surface area contributed by atoms with Gasteiger partial charge in [-0.1, -0.05) is 19.3 Å². The molecule has 6 nitrogen and oxygen atoms in total. The van der Waals surface area contributed by atoms with Gasteiger partial charge in [0.2, 0.25) is 5.91 Å². The Morgan fingerprint density at radius 2 is 1.85 bits per heavy atom. The summed E-state index contributed by atoms with van der Waals surface area (Å²) in [5.41, 5.74) is -0.674. The zero-order valence-electron chi connectivity index (χ0n) is 12.0. The van der Waals surface area contributed by atoms with Gasteiger partial charge in [0.05, 0.1) is 24.8 Å². The van der Waals surface area contributed by atoms with E-state index < -0.39 is 17.7 Å². The van der Waals surface area contributed by atoms with Crippen molar-refractivity contribution in [3.05, 3.63) is 0 Å². The number of amides is 1. The molecule has 2 fully saturated rings. The number of aliphatic hydroxyl groups is 2. The average molecular weight is 281 g/mol. The maximum Gasteiger partial charge on any atom is 0.237 e. The van der Waals surface area contributed by atoms with Gasteiger partial charge in [-0.05, 0) is 12.8 Å². The molecule has 2 unspecified atom stereocenters. The largest absolute Gasteiger partial charge is 0.389 e. The lowest BCUT2D eigenvalue weighted by Crippen LogP contribution is -2.52. The van der Waals surface area contributed by atoms with Crippen molar-refractivity contribution in [2.24, 2.45) is 0 Å². The number of hydrogen-bond donors (Lipinski definition) is 2. The van der Waals surface area contributed by atoms with Crippen LogP contribution in [0.1, 0.15) is 32.1 Å². The Kier molecular flexibility index (Phi) is 4.63. The summed E-state index contributed by atoms with van der Waals surface area (Å²) in [4.78, 5) is 15.7. The zero-order valence-corrected chi connectivity index (χ0v) is 12.0. The summed E-state index contributed by atoms with van der Waals surface area (Å²) in [6, 6.07) is 2.33. The highest BCUT2D eigenvalue weighted by atomic mass is 16.3. The lowest BCUT2D eigenvalue weighted by atomic mass is 9.81. The molecular weight excluding hydrogens is 258 g/mol. The van der Waals surface area contributed by atoms with Gasteiger partial charge in [0, 0.05) is 20.1 Å². The van der Waals surface area contributed by atoms with Gasteiger partial charge in [-0.15, -0.1) is 0 Å². The van der Waals surface area contributed by atoms with Crippen molar-refractivity contribution in [1.82, 2.24) is 9.80 Å². The van der Waals surface area contributed by atoms with E-state index in [1.165, 1.54) is 0 Å². The van der Waals surface area contributed by atoms with Gasteiger partial charge >= 0.3 is 0 Å². The first-order chi connectivity index (χ1) is 9.48. The van der Waals surface area contributed by atoms with E-state index >= 15 is 0 Å². The summed E-state index contributed by atoms with van der Waals surface area (Å²) in [5, 5.41) is 28.5. The predicted molar refractivity (Wildman–Crippen MR) is 72.7 cm³/mol. The first kappa shape index (κ1) is 15.2. The van der Waals surface area contributed by atoms with Crippen LogP contribution in [-0.4, -0.2) is 70.3 Å². The normalized spacial score (nSPS) is 29.9. The lowest BCUT2D eigenvalue weighted by molar-refractivity contribution is -0.135. The minimum absolute atomic E-state index is 0.116.